The van der Waals surface area contributed by atoms with Crippen molar-refractivity contribution < 1.29 is 9.90 Å². The second kappa shape index (κ2) is 9.21. The van der Waals surface area contributed by atoms with Gasteiger partial charge in [0.15, 0.2) is 0 Å². The number of carbonyl (C=O) groups is 1. The molecule has 0 aliphatic rings. The van der Waals surface area contributed by atoms with Gasteiger partial charge in [-0.15, -0.1) is 0 Å². The summed E-state index contributed by atoms with van der Waals surface area (Å²) in [5, 5.41) is 16.7. The smallest absolute Gasteiger partial charge is 0.146 e. The van der Waals surface area contributed by atoms with Crippen molar-refractivity contribution in [2.24, 2.45) is 0 Å². The summed E-state index contributed by atoms with van der Waals surface area (Å²) in [5.74, 6) is 0.0460. The van der Waals surface area contributed by atoms with E-state index >= 15 is 0 Å². The Morgan fingerprint density at radius 3 is 2.38 bits per heavy atom. The number of unbranched alkanes of at least 4 members (excludes halogenated alkanes) is 4. The number of hydrogen-bond donors (Lipinski definition) is 1. The van der Waals surface area contributed by atoms with E-state index < -0.39 is 0 Å². The number of ketones is 1. The second-order valence-corrected chi connectivity index (χ2v) is 3.11. The molecule has 1 N–H and O–H groups in total. The molecule has 0 aromatic rings. The number of rotatable bonds is 8. The van der Waals surface area contributed by atoms with Gasteiger partial charge in [-0.25, -0.2) is 0 Å². The first-order chi connectivity index (χ1) is 6.31. The fourth-order valence-electron chi connectivity index (χ4n) is 1.14. The zero-order chi connectivity index (χ0) is 9.94. The summed E-state index contributed by atoms with van der Waals surface area (Å²) >= 11 is 0. The highest BCUT2D eigenvalue weighted by molar-refractivity contribution is 5.80. The minimum atomic E-state index is 0.0460. The number of aliphatic hydroxyl groups is 1. The Hall–Kier alpha value is -0.880. The molecule has 0 aliphatic heterocycles. The van der Waals surface area contributed by atoms with Crippen molar-refractivity contribution in [2.45, 2.75) is 44.9 Å². The van der Waals surface area contributed by atoms with E-state index in [2.05, 4.69) is 0 Å². The predicted molar refractivity (Wildman–Crippen MR) is 50.0 cm³/mol. The van der Waals surface area contributed by atoms with Crippen molar-refractivity contribution in [3.63, 3.8) is 0 Å². The van der Waals surface area contributed by atoms with Crippen LogP contribution in [0, 0.1) is 11.3 Å². The third kappa shape index (κ3) is 9.03. The lowest BCUT2D eigenvalue weighted by Crippen LogP contribution is -1.95. The van der Waals surface area contributed by atoms with E-state index in [0.717, 1.165) is 32.1 Å². The summed E-state index contributed by atoms with van der Waals surface area (Å²) in [5.41, 5.74) is 0. The Morgan fingerprint density at radius 1 is 1.15 bits per heavy atom. The van der Waals surface area contributed by atoms with Crippen LogP contribution in [0.3, 0.4) is 0 Å². The van der Waals surface area contributed by atoms with Crippen LogP contribution in [0.5, 0.6) is 0 Å². The van der Waals surface area contributed by atoms with Gasteiger partial charge in [-0.05, 0) is 12.8 Å². The summed E-state index contributed by atoms with van der Waals surface area (Å²) in [6.45, 7) is 0.257. The van der Waals surface area contributed by atoms with Gasteiger partial charge in [0, 0.05) is 13.0 Å². The van der Waals surface area contributed by atoms with Crippen molar-refractivity contribution in [1.29, 1.82) is 5.26 Å². The van der Waals surface area contributed by atoms with E-state index in [-0.39, 0.29) is 18.8 Å². The molecule has 0 rings (SSSR count). The number of carbonyl (C=O) groups excluding carboxylic acids is 1. The second-order valence-electron chi connectivity index (χ2n) is 3.11. The molecule has 0 radical (unpaired) electrons. The lowest BCUT2D eigenvalue weighted by Gasteiger charge is -1.98. The molecule has 0 aromatic carbocycles. The van der Waals surface area contributed by atoms with Crippen LogP contribution in [0.1, 0.15) is 44.9 Å². The largest absolute Gasteiger partial charge is 0.396 e. The first-order valence-corrected chi connectivity index (χ1v) is 4.80. The van der Waals surface area contributed by atoms with Gasteiger partial charge in [0.1, 0.15) is 5.78 Å². The maximum Gasteiger partial charge on any atom is 0.146 e. The number of nitriles is 1. The molecule has 0 saturated carbocycles. The van der Waals surface area contributed by atoms with Gasteiger partial charge in [-0.2, -0.15) is 5.26 Å². The first kappa shape index (κ1) is 12.1. The van der Waals surface area contributed by atoms with Crippen molar-refractivity contribution in [3.05, 3.63) is 0 Å². The quantitative estimate of drug-likeness (QED) is 0.584. The molecule has 3 heteroatoms. The van der Waals surface area contributed by atoms with Gasteiger partial charge in [-0.1, -0.05) is 19.3 Å². The van der Waals surface area contributed by atoms with Crippen LogP contribution in [-0.4, -0.2) is 17.5 Å². The lowest BCUT2D eigenvalue weighted by atomic mass is 10.1. The Morgan fingerprint density at radius 2 is 1.77 bits per heavy atom. The van der Waals surface area contributed by atoms with Gasteiger partial charge in [-0.3, -0.25) is 4.79 Å². The van der Waals surface area contributed by atoms with Crippen LogP contribution >= 0.6 is 0 Å². The Labute approximate surface area is 79.4 Å². The number of hydrogen-bond acceptors (Lipinski definition) is 3. The van der Waals surface area contributed by atoms with Gasteiger partial charge in [0.2, 0.25) is 0 Å². The van der Waals surface area contributed by atoms with Crippen molar-refractivity contribution in [3.8, 4) is 6.07 Å². The predicted octanol–water partition coefficient (Wildman–Crippen LogP) is 1.80. The molecule has 0 unspecified atom stereocenters. The summed E-state index contributed by atoms with van der Waals surface area (Å²) < 4.78 is 0. The van der Waals surface area contributed by atoms with Gasteiger partial charge >= 0.3 is 0 Å². The molecule has 0 fully saturated rings. The molecule has 0 heterocycles. The highest BCUT2D eigenvalue weighted by Gasteiger charge is 1.99. The molecule has 0 spiro atoms. The molecule has 0 aromatic heterocycles. The topological polar surface area (TPSA) is 61.1 Å². The normalized spacial score (nSPS) is 9.54. The van der Waals surface area contributed by atoms with Crippen molar-refractivity contribution in [1.82, 2.24) is 0 Å². The standard InChI is InChI=1S/C10H17NO2/c11-8-7-10(13)6-4-2-1-3-5-9-12/h12H,1-7,9H2. The van der Waals surface area contributed by atoms with E-state index in [1.807, 2.05) is 6.07 Å². The molecule has 0 saturated heterocycles. The third-order valence-corrected chi connectivity index (χ3v) is 1.89. The minimum Gasteiger partial charge on any atom is -0.396 e. The lowest BCUT2D eigenvalue weighted by molar-refractivity contribution is -0.118. The zero-order valence-corrected chi connectivity index (χ0v) is 7.96. The Bertz CT molecular complexity index is 172. The molecular formula is C10H17NO2. The van der Waals surface area contributed by atoms with Crippen LogP contribution in [-0.2, 0) is 4.79 Å². The average molecular weight is 183 g/mol. The van der Waals surface area contributed by atoms with Crippen molar-refractivity contribution in [2.75, 3.05) is 6.61 Å². The molecule has 0 amide bonds. The van der Waals surface area contributed by atoms with E-state index in [0.29, 0.717) is 6.42 Å². The fraction of sp³-hybridized carbons (Fsp3) is 0.800. The zero-order valence-electron chi connectivity index (χ0n) is 7.96. The molecule has 0 aliphatic carbocycles. The highest BCUT2D eigenvalue weighted by atomic mass is 16.2. The van der Waals surface area contributed by atoms with Crippen LogP contribution in [0.25, 0.3) is 0 Å². The van der Waals surface area contributed by atoms with E-state index in [1.165, 1.54) is 0 Å². The molecule has 3 nitrogen and oxygen atoms in total. The number of Topliss-reactive ketones (excluding diaryl/α,β-unsaturated/α-hetero) is 1. The van der Waals surface area contributed by atoms with E-state index in [9.17, 15) is 4.79 Å². The van der Waals surface area contributed by atoms with Crippen LogP contribution in [0.2, 0.25) is 0 Å². The molecule has 0 bridgehead atoms. The highest BCUT2D eigenvalue weighted by Crippen LogP contribution is 2.06. The fourth-order valence-corrected chi connectivity index (χ4v) is 1.14. The maximum absolute atomic E-state index is 10.9. The molecule has 13 heavy (non-hydrogen) atoms. The SMILES string of the molecule is N#CCC(=O)CCCCCCCO. The molecule has 74 valence electrons. The van der Waals surface area contributed by atoms with E-state index in [4.69, 9.17) is 10.4 Å². The maximum atomic E-state index is 10.9. The first-order valence-electron chi connectivity index (χ1n) is 4.80. The summed E-state index contributed by atoms with van der Waals surface area (Å²) in [6, 6.07) is 1.85. The van der Waals surface area contributed by atoms with Gasteiger partial charge in [0.25, 0.3) is 0 Å². The van der Waals surface area contributed by atoms with Gasteiger partial charge in [0.05, 0.1) is 12.5 Å². The van der Waals surface area contributed by atoms with E-state index in [1.54, 1.807) is 0 Å². The monoisotopic (exact) mass is 183 g/mol. The third-order valence-electron chi connectivity index (χ3n) is 1.89. The Balaban J connectivity index is 3.08. The summed E-state index contributed by atoms with van der Waals surface area (Å²) in [6.07, 6.45) is 5.45. The minimum absolute atomic E-state index is 0.0460. The summed E-state index contributed by atoms with van der Waals surface area (Å²) in [7, 11) is 0. The van der Waals surface area contributed by atoms with Gasteiger partial charge < -0.3 is 5.11 Å². The average Bonchev–Trinajstić information content (AvgIpc) is 2.11. The molecule has 0 atom stereocenters. The molecular weight excluding hydrogens is 166 g/mol. The van der Waals surface area contributed by atoms with Crippen LogP contribution in [0.15, 0.2) is 0 Å². The number of nitrogens with zero attached hydrogens (tertiary/aromatic N) is 1. The van der Waals surface area contributed by atoms with Crippen LogP contribution < -0.4 is 0 Å². The Kier molecular flexibility index (Phi) is 8.59. The van der Waals surface area contributed by atoms with Crippen LogP contribution in [0.4, 0.5) is 0 Å². The van der Waals surface area contributed by atoms with Crippen molar-refractivity contribution >= 4 is 5.78 Å². The number of aliphatic hydroxyl groups excluding tert-OH is 1. The summed E-state index contributed by atoms with van der Waals surface area (Å²) in [4.78, 5) is 10.9.